The molecule has 0 unspecified atom stereocenters. The summed E-state index contributed by atoms with van der Waals surface area (Å²) in [6.45, 7) is 9.41. The molecule has 1 N–H and O–H groups in total. The van der Waals surface area contributed by atoms with Crippen molar-refractivity contribution in [3.63, 3.8) is 0 Å². The first-order valence-electron chi connectivity index (χ1n) is 10.1. The molecule has 0 saturated carbocycles. The van der Waals surface area contributed by atoms with E-state index in [0.29, 0.717) is 37.4 Å². The number of benzene rings is 1. The molecule has 1 atom stereocenters. The molecular formula is C23H30N2O4. The van der Waals surface area contributed by atoms with Gasteiger partial charge in [0, 0.05) is 19.1 Å². The monoisotopic (exact) mass is 398 g/mol. The minimum Gasteiger partial charge on any atom is -0.481 e. The van der Waals surface area contributed by atoms with Gasteiger partial charge in [-0.3, -0.25) is 9.59 Å². The molecule has 0 bridgehead atoms. The predicted molar refractivity (Wildman–Crippen MR) is 111 cm³/mol. The van der Waals surface area contributed by atoms with Crippen LogP contribution in [-0.2, 0) is 10.2 Å². The van der Waals surface area contributed by atoms with Crippen LogP contribution in [0.5, 0.6) is 5.75 Å². The van der Waals surface area contributed by atoms with Gasteiger partial charge < -0.3 is 19.4 Å². The number of piperidine rings is 1. The van der Waals surface area contributed by atoms with Crippen LogP contribution in [0.4, 0.5) is 0 Å². The molecule has 1 fully saturated rings. The summed E-state index contributed by atoms with van der Waals surface area (Å²) in [5.74, 6) is 0.794. The number of hydrogen-bond acceptors (Lipinski definition) is 4. The third-order valence-corrected chi connectivity index (χ3v) is 5.26. The van der Waals surface area contributed by atoms with Gasteiger partial charge >= 0.3 is 0 Å². The number of hydrogen-bond donors (Lipinski definition) is 1. The van der Waals surface area contributed by atoms with Gasteiger partial charge in [0.15, 0.2) is 11.9 Å². The van der Waals surface area contributed by atoms with Crippen LogP contribution in [0, 0.1) is 0 Å². The van der Waals surface area contributed by atoms with Crippen LogP contribution in [0.15, 0.2) is 47.1 Å². The summed E-state index contributed by atoms with van der Waals surface area (Å²) in [6.07, 6.45) is 2.34. The first-order valence-corrected chi connectivity index (χ1v) is 10.1. The smallest absolute Gasteiger partial charge is 0.289 e. The van der Waals surface area contributed by atoms with Crippen LogP contribution in [0.2, 0.25) is 0 Å². The highest BCUT2D eigenvalue weighted by atomic mass is 16.5. The average Bonchev–Trinajstić information content (AvgIpc) is 3.22. The van der Waals surface area contributed by atoms with Gasteiger partial charge in [0.1, 0.15) is 5.75 Å². The van der Waals surface area contributed by atoms with Gasteiger partial charge in [-0.15, -0.1) is 0 Å². The topological polar surface area (TPSA) is 71.8 Å². The maximum absolute atomic E-state index is 12.5. The van der Waals surface area contributed by atoms with E-state index in [0.717, 1.165) is 0 Å². The quantitative estimate of drug-likeness (QED) is 0.832. The van der Waals surface area contributed by atoms with Gasteiger partial charge in [-0.05, 0) is 55.0 Å². The van der Waals surface area contributed by atoms with Crippen molar-refractivity contribution < 1.29 is 18.7 Å². The molecular weight excluding hydrogens is 368 g/mol. The van der Waals surface area contributed by atoms with Crippen molar-refractivity contribution >= 4 is 11.8 Å². The number of nitrogens with one attached hydrogen (secondary N) is 1. The van der Waals surface area contributed by atoms with E-state index >= 15 is 0 Å². The Bertz CT molecular complexity index is 814. The summed E-state index contributed by atoms with van der Waals surface area (Å²) in [5, 5.41) is 3.04. The van der Waals surface area contributed by atoms with E-state index in [2.05, 4.69) is 26.1 Å². The van der Waals surface area contributed by atoms with Crippen molar-refractivity contribution in [2.75, 3.05) is 13.1 Å². The predicted octanol–water partition coefficient (Wildman–Crippen LogP) is 3.77. The van der Waals surface area contributed by atoms with Crippen molar-refractivity contribution in [2.24, 2.45) is 0 Å². The summed E-state index contributed by atoms with van der Waals surface area (Å²) < 4.78 is 11.0. The summed E-state index contributed by atoms with van der Waals surface area (Å²) in [7, 11) is 0. The van der Waals surface area contributed by atoms with E-state index in [1.807, 2.05) is 24.3 Å². The lowest BCUT2D eigenvalue weighted by Crippen LogP contribution is -2.49. The fraction of sp³-hybridized carbons (Fsp3) is 0.478. The normalized spacial score (nSPS) is 16.3. The highest BCUT2D eigenvalue weighted by Crippen LogP contribution is 2.24. The Labute approximate surface area is 172 Å². The molecule has 6 heteroatoms. The number of nitrogens with zero attached hydrogens (tertiary/aromatic N) is 1. The zero-order valence-electron chi connectivity index (χ0n) is 17.6. The van der Waals surface area contributed by atoms with Gasteiger partial charge in [-0.25, -0.2) is 0 Å². The molecule has 0 aliphatic carbocycles. The Morgan fingerprint density at radius 1 is 1.14 bits per heavy atom. The minimum absolute atomic E-state index is 0.0393. The van der Waals surface area contributed by atoms with Gasteiger partial charge in [-0.2, -0.15) is 0 Å². The highest BCUT2D eigenvalue weighted by Gasteiger charge is 2.27. The number of amides is 2. The number of furan rings is 1. The molecule has 2 aromatic rings. The van der Waals surface area contributed by atoms with Crippen molar-refractivity contribution in [1.29, 1.82) is 0 Å². The molecule has 1 saturated heterocycles. The molecule has 1 aromatic carbocycles. The van der Waals surface area contributed by atoms with Gasteiger partial charge in [0.25, 0.3) is 11.8 Å². The third-order valence-electron chi connectivity index (χ3n) is 5.26. The minimum atomic E-state index is -0.585. The molecule has 2 amide bonds. The van der Waals surface area contributed by atoms with Crippen molar-refractivity contribution in [3.8, 4) is 5.75 Å². The lowest BCUT2D eigenvalue weighted by Gasteiger charge is -2.32. The first-order chi connectivity index (χ1) is 13.7. The third kappa shape index (κ3) is 5.40. The van der Waals surface area contributed by atoms with E-state index in [9.17, 15) is 9.59 Å². The summed E-state index contributed by atoms with van der Waals surface area (Å²) in [5.41, 5.74) is 1.30. The van der Waals surface area contributed by atoms with Gasteiger partial charge in [-0.1, -0.05) is 32.9 Å². The van der Waals surface area contributed by atoms with Gasteiger partial charge in [0.05, 0.1) is 6.26 Å². The van der Waals surface area contributed by atoms with Crippen LogP contribution in [0.3, 0.4) is 0 Å². The molecule has 156 valence electrons. The Kier molecular flexibility index (Phi) is 6.30. The second-order valence-corrected chi connectivity index (χ2v) is 8.59. The number of carbonyl (C=O) groups is 2. The highest BCUT2D eigenvalue weighted by molar-refractivity contribution is 5.91. The maximum atomic E-state index is 12.5. The number of likely N-dealkylation sites (tertiary alicyclic amines) is 1. The van der Waals surface area contributed by atoms with Crippen molar-refractivity contribution in [1.82, 2.24) is 10.2 Å². The van der Waals surface area contributed by atoms with E-state index < -0.39 is 6.10 Å². The fourth-order valence-corrected chi connectivity index (χ4v) is 3.39. The summed E-state index contributed by atoms with van der Waals surface area (Å²) >= 11 is 0. The fourth-order valence-electron chi connectivity index (χ4n) is 3.39. The van der Waals surface area contributed by atoms with E-state index in [1.54, 1.807) is 24.0 Å². The van der Waals surface area contributed by atoms with Crippen molar-refractivity contribution in [2.45, 2.75) is 58.1 Å². The SMILES string of the molecule is C[C@H](Oc1ccc(C(C)(C)C)cc1)C(=O)NC1CCN(C(=O)c2ccco2)CC1. The largest absolute Gasteiger partial charge is 0.481 e. The average molecular weight is 399 g/mol. The molecule has 1 aliphatic rings. The van der Waals surface area contributed by atoms with Crippen LogP contribution in [0.1, 0.15) is 56.7 Å². The molecule has 1 aliphatic heterocycles. The van der Waals surface area contributed by atoms with Crippen LogP contribution >= 0.6 is 0 Å². The zero-order valence-corrected chi connectivity index (χ0v) is 17.6. The lowest BCUT2D eigenvalue weighted by molar-refractivity contribution is -0.128. The Balaban J connectivity index is 1.46. The van der Waals surface area contributed by atoms with Crippen LogP contribution < -0.4 is 10.1 Å². The maximum Gasteiger partial charge on any atom is 0.289 e. The number of carbonyl (C=O) groups excluding carboxylic acids is 2. The van der Waals surface area contributed by atoms with E-state index in [1.165, 1.54) is 11.8 Å². The molecule has 0 radical (unpaired) electrons. The van der Waals surface area contributed by atoms with Crippen LogP contribution in [-0.4, -0.2) is 41.9 Å². The lowest BCUT2D eigenvalue weighted by atomic mass is 9.87. The van der Waals surface area contributed by atoms with E-state index in [-0.39, 0.29) is 23.3 Å². The molecule has 0 spiro atoms. The molecule has 2 heterocycles. The van der Waals surface area contributed by atoms with E-state index in [4.69, 9.17) is 9.15 Å². The van der Waals surface area contributed by atoms with Crippen molar-refractivity contribution in [3.05, 3.63) is 54.0 Å². The Hall–Kier alpha value is -2.76. The molecule has 3 rings (SSSR count). The summed E-state index contributed by atoms with van der Waals surface area (Å²) in [6, 6.07) is 11.3. The number of rotatable bonds is 5. The summed E-state index contributed by atoms with van der Waals surface area (Å²) in [4.78, 5) is 26.6. The molecule has 6 nitrogen and oxygen atoms in total. The van der Waals surface area contributed by atoms with Crippen LogP contribution in [0.25, 0.3) is 0 Å². The van der Waals surface area contributed by atoms with Gasteiger partial charge in [0.2, 0.25) is 0 Å². The number of ether oxygens (including phenoxy) is 1. The molecule has 1 aromatic heterocycles. The Morgan fingerprint density at radius 2 is 1.79 bits per heavy atom. The zero-order chi connectivity index (χ0) is 21.0. The standard InChI is InChI=1S/C23H30N2O4/c1-16(29-19-9-7-17(8-10-19)23(2,3)4)21(26)24-18-11-13-25(14-12-18)22(27)20-6-5-15-28-20/h5-10,15-16,18H,11-14H2,1-4H3,(H,24,26)/t16-/m0/s1. The second-order valence-electron chi connectivity index (χ2n) is 8.59. The second kappa shape index (κ2) is 8.72. The Morgan fingerprint density at radius 3 is 2.34 bits per heavy atom. The molecule has 29 heavy (non-hydrogen) atoms. The first kappa shape index (κ1) is 21.0.